The van der Waals surface area contributed by atoms with E-state index in [1.54, 1.807) is 11.7 Å². The van der Waals surface area contributed by atoms with Crippen molar-refractivity contribution in [2.75, 3.05) is 6.54 Å². The third kappa shape index (κ3) is 2.44. The van der Waals surface area contributed by atoms with Gasteiger partial charge in [-0.25, -0.2) is 0 Å². The fourth-order valence-electron chi connectivity index (χ4n) is 3.08. The summed E-state index contributed by atoms with van der Waals surface area (Å²) in [4.78, 5) is 14.7. The molecule has 0 bridgehead atoms. The van der Waals surface area contributed by atoms with Gasteiger partial charge in [0.25, 0.3) is 5.91 Å². The van der Waals surface area contributed by atoms with Crippen LogP contribution in [0, 0.1) is 6.92 Å². The quantitative estimate of drug-likeness (QED) is 0.853. The van der Waals surface area contributed by atoms with Crippen LogP contribution in [-0.2, 0) is 7.05 Å². The van der Waals surface area contributed by atoms with Crippen molar-refractivity contribution >= 4 is 17.5 Å². The molecule has 1 fully saturated rings. The maximum atomic E-state index is 12.8. The Kier molecular flexibility index (Phi) is 3.72. The molecule has 0 N–H and O–H groups in total. The van der Waals surface area contributed by atoms with Crippen molar-refractivity contribution in [1.82, 2.24) is 14.7 Å². The third-order valence-electron chi connectivity index (χ3n) is 4.16. The van der Waals surface area contributed by atoms with Gasteiger partial charge in [-0.05, 0) is 30.9 Å². The van der Waals surface area contributed by atoms with E-state index in [2.05, 4.69) is 24.2 Å². The molecule has 5 heteroatoms. The van der Waals surface area contributed by atoms with Gasteiger partial charge in [0, 0.05) is 13.6 Å². The number of amides is 1. The van der Waals surface area contributed by atoms with E-state index >= 15 is 0 Å². The topological polar surface area (TPSA) is 38.1 Å². The van der Waals surface area contributed by atoms with Crippen LogP contribution in [0.1, 0.15) is 40.5 Å². The number of likely N-dealkylation sites (tertiary alicyclic amines) is 1. The molecule has 0 aliphatic carbocycles. The number of aromatic nitrogens is 2. The molecule has 110 valence electrons. The highest BCUT2D eigenvalue weighted by Crippen LogP contribution is 2.35. The van der Waals surface area contributed by atoms with Gasteiger partial charge in [-0.2, -0.15) is 5.10 Å². The Balaban J connectivity index is 1.95. The molecule has 2 heterocycles. The number of rotatable bonds is 2. The number of halogens is 1. The molecule has 1 aromatic heterocycles. The monoisotopic (exact) mass is 303 g/mol. The number of hydrogen-bond acceptors (Lipinski definition) is 2. The average molecular weight is 304 g/mol. The molecule has 1 amide bonds. The number of carbonyl (C=O) groups is 1. The smallest absolute Gasteiger partial charge is 0.274 e. The van der Waals surface area contributed by atoms with Crippen LogP contribution < -0.4 is 0 Å². The first-order chi connectivity index (χ1) is 10.1. The van der Waals surface area contributed by atoms with Crippen molar-refractivity contribution < 1.29 is 4.79 Å². The zero-order valence-corrected chi connectivity index (χ0v) is 13.0. The Hall–Kier alpha value is -1.81. The molecule has 0 saturated carbocycles. The van der Waals surface area contributed by atoms with Gasteiger partial charge in [0.05, 0.1) is 17.3 Å². The van der Waals surface area contributed by atoms with Crippen molar-refractivity contribution in [3.63, 3.8) is 0 Å². The normalized spacial score (nSPS) is 18.2. The lowest BCUT2D eigenvalue weighted by atomic mass is 9.99. The van der Waals surface area contributed by atoms with Crippen LogP contribution in [0.25, 0.3) is 0 Å². The van der Waals surface area contributed by atoms with Crippen LogP contribution in [0.15, 0.2) is 30.5 Å². The lowest BCUT2D eigenvalue weighted by Gasteiger charge is -2.26. The largest absolute Gasteiger partial charge is 0.330 e. The second-order valence-electron chi connectivity index (χ2n) is 5.48. The predicted molar refractivity (Wildman–Crippen MR) is 82.4 cm³/mol. The second kappa shape index (κ2) is 5.53. The molecule has 0 spiro atoms. The molecular formula is C16H18ClN3O. The maximum absolute atomic E-state index is 12.8. The highest BCUT2D eigenvalue weighted by Gasteiger charge is 2.33. The first-order valence-electron chi connectivity index (χ1n) is 7.13. The molecule has 3 rings (SSSR count). The number of aryl methyl sites for hydroxylation is 2. The lowest BCUT2D eigenvalue weighted by molar-refractivity contribution is 0.0724. The fraction of sp³-hybridized carbons (Fsp3) is 0.375. The summed E-state index contributed by atoms with van der Waals surface area (Å²) in [5.74, 6) is -0.0363. The molecule has 1 unspecified atom stereocenters. The van der Waals surface area contributed by atoms with Gasteiger partial charge in [-0.3, -0.25) is 9.48 Å². The average Bonchev–Trinajstić information content (AvgIpc) is 3.06. The van der Waals surface area contributed by atoms with E-state index in [9.17, 15) is 4.79 Å². The molecule has 21 heavy (non-hydrogen) atoms. The number of hydrogen-bond donors (Lipinski definition) is 0. The first kappa shape index (κ1) is 14.1. The van der Waals surface area contributed by atoms with Crippen molar-refractivity contribution in [3.05, 3.63) is 52.3 Å². The summed E-state index contributed by atoms with van der Waals surface area (Å²) in [5.41, 5.74) is 2.91. The summed E-state index contributed by atoms with van der Waals surface area (Å²) < 4.78 is 1.55. The minimum absolute atomic E-state index is 0.0363. The Bertz CT molecular complexity index is 660. The second-order valence-corrected chi connectivity index (χ2v) is 5.89. The van der Waals surface area contributed by atoms with Crippen LogP contribution in [-0.4, -0.2) is 27.1 Å². The minimum atomic E-state index is -0.0363. The zero-order chi connectivity index (χ0) is 15.0. The van der Waals surface area contributed by atoms with Crippen molar-refractivity contribution in [1.29, 1.82) is 0 Å². The van der Waals surface area contributed by atoms with Crippen LogP contribution in [0.3, 0.4) is 0 Å². The van der Waals surface area contributed by atoms with Gasteiger partial charge >= 0.3 is 0 Å². The predicted octanol–water partition coefficient (Wildman–Crippen LogP) is 3.36. The SMILES string of the molecule is Cc1ccccc1C1CCCN1C(=O)c1c(Cl)cnn1C. The zero-order valence-electron chi connectivity index (χ0n) is 12.2. The maximum Gasteiger partial charge on any atom is 0.274 e. The highest BCUT2D eigenvalue weighted by molar-refractivity contribution is 6.33. The van der Waals surface area contributed by atoms with E-state index in [0.717, 1.165) is 19.4 Å². The van der Waals surface area contributed by atoms with Gasteiger partial charge < -0.3 is 4.90 Å². The van der Waals surface area contributed by atoms with E-state index in [4.69, 9.17) is 11.6 Å². The number of benzene rings is 1. The van der Waals surface area contributed by atoms with E-state index in [0.29, 0.717) is 10.7 Å². The van der Waals surface area contributed by atoms with Gasteiger partial charge in [0.1, 0.15) is 5.69 Å². The molecule has 4 nitrogen and oxygen atoms in total. The molecule has 0 radical (unpaired) electrons. The molecule has 1 atom stereocenters. The van der Waals surface area contributed by atoms with Crippen LogP contribution in [0.2, 0.25) is 5.02 Å². The number of carbonyl (C=O) groups excluding carboxylic acids is 1. The van der Waals surface area contributed by atoms with Crippen molar-refractivity contribution in [3.8, 4) is 0 Å². The van der Waals surface area contributed by atoms with E-state index < -0.39 is 0 Å². The Morgan fingerprint density at radius 3 is 2.81 bits per heavy atom. The summed E-state index contributed by atoms with van der Waals surface area (Å²) in [6, 6.07) is 8.38. The minimum Gasteiger partial charge on any atom is -0.330 e. The van der Waals surface area contributed by atoms with Gasteiger partial charge in [-0.1, -0.05) is 35.9 Å². The van der Waals surface area contributed by atoms with Crippen molar-refractivity contribution in [2.24, 2.45) is 7.05 Å². The third-order valence-corrected chi connectivity index (χ3v) is 4.43. The molecule has 1 saturated heterocycles. The van der Waals surface area contributed by atoms with E-state index in [1.165, 1.54) is 17.3 Å². The standard InChI is InChI=1S/C16H18ClN3O/c1-11-6-3-4-7-12(11)14-8-5-9-20(14)16(21)15-13(17)10-18-19(15)2/h3-4,6-7,10,14H,5,8-9H2,1-2H3. The fourth-order valence-corrected chi connectivity index (χ4v) is 3.33. The van der Waals surface area contributed by atoms with Gasteiger partial charge in [-0.15, -0.1) is 0 Å². The first-order valence-corrected chi connectivity index (χ1v) is 7.51. The molecule has 1 aromatic carbocycles. The van der Waals surface area contributed by atoms with Gasteiger partial charge in [0.15, 0.2) is 0 Å². The molecule has 1 aliphatic rings. The molecular weight excluding hydrogens is 286 g/mol. The highest BCUT2D eigenvalue weighted by atomic mass is 35.5. The summed E-state index contributed by atoms with van der Waals surface area (Å²) in [6.45, 7) is 2.85. The van der Waals surface area contributed by atoms with E-state index in [1.807, 2.05) is 17.0 Å². The Morgan fingerprint density at radius 2 is 2.14 bits per heavy atom. The molecule has 1 aliphatic heterocycles. The van der Waals surface area contributed by atoms with Crippen molar-refractivity contribution in [2.45, 2.75) is 25.8 Å². The lowest BCUT2D eigenvalue weighted by Crippen LogP contribution is -2.32. The van der Waals surface area contributed by atoms with E-state index in [-0.39, 0.29) is 11.9 Å². The van der Waals surface area contributed by atoms with Gasteiger partial charge in [0.2, 0.25) is 0 Å². The summed E-state index contributed by atoms with van der Waals surface area (Å²) in [7, 11) is 1.75. The molecule has 2 aromatic rings. The van der Waals surface area contributed by atoms with Crippen LogP contribution >= 0.6 is 11.6 Å². The summed E-state index contributed by atoms with van der Waals surface area (Å²) >= 11 is 6.11. The Morgan fingerprint density at radius 1 is 1.38 bits per heavy atom. The number of nitrogens with zero attached hydrogens (tertiary/aromatic N) is 3. The Labute approximate surface area is 129 Å². The van der Waals surface area contributed by atoms with Crippen LogP contribution in [0.5, 0.6) is 0 Å². The summed E-state index contributed by atoms with van der Waals surface area (Å²) in [6.07, 6.45) is 3.53. The summed E-state index contributed by atoms with van der Waals surface area (Å²) in [5, 5.41) is 4.48. The van der Waals surface area contributed by atoms with Crippen LogP contribution in [0.4, 0.5) is 0 Å².